The number of rotatable bonds is 1. The first-order valence-electron chi connectivity index (χ1n) is 6.99. The van der Waals surface area contributed by atoms with Gasteiger partial charge in [-0.3, -0.25) is 0 Å². The molecule has 2 heterocycles. The molecule has 4 rings (SSSR count). The first kappa shape index (κ1) is 12.2. The Bertz CT molecular complexity index is 679. The fourth-order valence-corrected chi connectivity index (χ4v) is 3.61. The van der Waals surface area contributed by atoms with Crippen LogP contribution in [-0.2, 0) is 6.54 Å². The van der Waals surface area contributed by atoms with Gasteiger partial charge in [0.2, 0.25) is 0 Å². The maximum Gasteiger partial charge on any atom is 0.106 e. The minimum atomic E-state index is 0.474. The van der Waals surface area contributed by atoms with E-state index in [0.29, 0.717) is 6.04 Å². The summed E-state index contributed by atoms with van der Waals surface area (Å²) in [6.45, 7) is 0.965. The van der Waals surface area contributed by atoms with Gasteiger partial charge in [0.25, 0.3) is 0 Å². The van der Waals surface area contributed by atoms with Gasteiger partial charge in [-0.1, -0.05) is 46.3 Å². The highest BCUT2D eigenvalue weighted by Crippen LogP contribution is 2.40. The lowest BCUT2D eigenvalue weighted by molar-refractivity contribution is 0.333. The van der Waals surface area contributed by atoms with Crippen LogP contribution in [0.15, 0.2) is 58.0 Å². The number of amidine groups is 1. The van der Waals surface area contributed by atoms with Crippen molar-refractivity contribution in [1.29, 1.82) is 0 Å². The lowest BCUT2D eigenvalue weighted by Crippen LogP contribution is -2.29. The minimum absolute atomic E-state index is 0.474. The maximum absolute atomic E-state index is 4.85. The van der Waals surface area contributed by atoms with Crippen molar-refractivity contribution in [3.8, 4) is 0 Å². The van der Waals surface area contributed by atoms with E-state index in [4.69, 9.17) is 4.99 Å². The van der Waals surface area contributed by atoms with Crippen LogP contribution in [0.1, 0.15) is 30.0 Å². The second kappa shape index (κ2) is 4.74. The van der Waals surface area contributed by atoms with E-state index in [9.17, 15) is 0 Å². The predicted octanol–water partition coefficient (Wildman–Crippen LogP) is 4.83. The van der Waals surface area contributed by atoms with Gasteiger partial charge in [-0.05, 0) is 35.7 Å². The van der Waals surface area contributed by atoms with E-state index < -0.39 is 0 Å². The molecule has 0 aliphatic carbocycles. The fraction of sp³-hybridized carbons (Fsp3) is 0.235. The van der Waals surface area contributed by atoms with Crippen molar-refractivity contribution < 1.29 is 0 Å². The van der Waals surface area contributed by atoms with Crippen LogP contribution in [0.5, 0.6) is 0 Å². The number of halogens is 1. The number of fused-ring (bicyclic) bond motifs is 2. The van der Waals surface area contributed by atoms with Crippen LogP contribution < -0.4 is 0 Å². The number of hydrogen-bond donors (Lipinski definition) is 0. The first-order valence-corrected chi connectivity index (χ1v) is 7.78. The topological polar surface area (TPSA) is 15.6 Å². The van der Waals surface area contributed by atoms with Gasteiger partial charge in [-0.2, -0.15) is 0 Å². The van der Waals surface area contributed by atoms with Crippen molar-refractivity contribution in [2.24, 2.45) is 4.99 Å². The predicted molar refractivity (Wildman–Crippen MR) is 85.2 cm³/mol. The van der Waals surface area contributed by atoms with Gasteiger partial charge in [-0.25, -0.2) is 4.99 Å². The summed E-state index contributed by atoms with van der Waals surface area (Å²) in [4.78, 5) is 7.31. The Hall–Kier alpha value is -1.61. The molecule has 2 aromatic carbocycles. The van der Waals surface area contributed by atoms with Crippen LogP contribution in [0.4, 0.5) is 5.69 Å². The molecule has 2 aliphatic heterocycles. The molecule has 1 unspecified atom stereocenters. The largest absolute Gasteiger partial charge is 0.349 e. The summed E-state index contributed by atoms with van der Waals surface area (Å²) in [6, 6.07) is 17.6. The SMILES string of the molecule is Brc1ccc2c(c1)CN1C(=N2)CCC1c1ccccc1. The molecular weight excluding hydrogens is 312 g/mol. The molecule has 0 N–H and O–H groups in total. The zero-order chi connectivity index (χ0) is 13.5. The summed E-state index contributed by atoms with van der Waals surface area (Å²) < 4.78 is 1.13. The Labute approximate surface area is 127 Å². The van der Waals surface area contributed by atoms with E-state index >= 15 is 0 Å². The summed E-state index contributed by atoms with van der Waals surface area (Å²) >= 11 is 3.56. The Morgan fingerprint density at radius 2 is 1.95 bits per heavy atom. The van der Waals surface area contributed by atoms with E-state index in [0.717, 1.165) is 29.5 Å². The van der Waals surface area contributed by atoms with E-state index in [1.165, 1.54) is 17.0 Å². The molecule has 0 bridgehead atoms. The molecule has 0 radical (unpaired) electrons. The molecule has 20 heavy (non-hydrogen) atoms. The molecule has 2 aliphatic rings. The van der Waals surface area contributed by atoms with Gasteiger partial charge in [0, 0.05) is 17.4 Å². The average Bonchev–Trinajstić information content (AvgIpc) is 2.88. The third kappa shape index (κ3) is 1.97. The van der Waals surface area contributed by atoms with Gasteiger partial charge in [0.05, 0.1) is 11.7 Å². The third-order valence-electron chi connectivity index (χ3n) is 4.17. The monoisotopic (exact) mass is 326 g/mol. The van der Waals surface area contributed by atoms with Gasteiger partial charge >= 0.3 is 0 Å². The molecule has 1 fully saturated rings. The summed E-state index contributed by atoms with van der Waals surface area (Å²) in [5, 5.41) is 0. The molecule has 2 aromatic rings. The molecule has 2 nitrogen and oxygen atoms in total. The Morgan fingerprint density at radius 3 is 2.80 bits per heavy atom. The highest BCUT2D eigenvalue weighted by Gasteiger charge is 2.33. The van der Waals surface area contributed by atoms with Crippen molar-refractivity contribution in [3.05, 3.63) is 64.1 Å². The Kier molecular flexibility index (Phi) is 2.88. The lowest BCUT2D eigenvalue weighted by atomic mass is 10.0. The summed E-state index contributed by atoms with van der Waals surface area (Å²) in [5.74, 6) is 1.24. The van der Waals surface area contributed by atoms with Crippen LogP contribution in [0, 0.1) is 0 Å². The van der Waals surface area contributed by atoms with Crippen LogP contribution >= 0.6 is 15.9 Å². The molecule has 0 saturated carbocycles. The zero-order valence-corrected chi connectivity index (χ0v) is 12.7. The third-order valence-corrected chi connectivity index (χ3v) is 4.66. The van der Waals surface area contributed by atoms with E-state index in [1.807, 2.05) is 0 Å². The summed E-state index contributed by atoms with van der Waals surface area (Å²) in [6.07, 6.45) is 2.24. The molecule has 1 atom stereocenters. The molecule has 0 amide bonds. The van der Waals surface area contributed by atoms with Crippen molar-refractivity contribution in [1.82, 2.24) is 4.90 Å². The van der Waals surface area contributed by atoms with Crippen molar-refractivity contribution in [2.45, 2.75) is 25.4 Å². The van der Waals surface area contributed by atoms with Crippen LogP contribution in [-0.4, -0.2) is 10.7 Å². The van der Waals surface area contributed by atoms with E-state index in [1.54, 1.807) is 0 Å². The van der Waals surface area contributed by atoms with Crippen LogP contribution in [0.25, 0.3) is 0 Å². The molecule has 1 saturated heterocycles. The molecule has 0 aromatic heterocycles. The smallest absolute Gasteiger partial charge is 0.106 e. The van der Waals surface area contributed by atoms with Gasteiger partial charge < -0.3 is 4.90 Å². The number of nitrogens with zero attached hydrogens (tertiary/aromatic N) is 2. The Balaban J connectivity index is 1.72. The second-order valence-electron chi connectivity index (χ2n) is 5.39. The number of benzene rings is 2. The van der Waals surface area contributed by atoms with Crippen LogP contribution in [0.2, 0.25) is 0 Å². The highest BCUT2D eigenvalue weighted by atomic mass is 79.9. The van der Waals surface area contributed by atoms with Gasteiger partial charge in [-0.15, -0.1) is 0 Å². The van der Waals surface area contributed by atoms with Crippen molar-refractivity contribution in [3.63, 3.8) is 0 Å². The quantitative estimate of drug-likeness (QED) is 0.732. The highest BCUT2D eigenvalue weighted by molar-refractivity contribution is 9.10. The van der Waals surface area contributed by atoms with Gasteiger partial charge in [0.1, 0.15) is 5.84 Å². The average molecular weight is 327 g/mol. The van der Waals surface area contributed by atoms with E-state index in [2.05, 4.69) is 69.4 Å². The molecule has 100 valence electrons. The fourth-order valence-electron chi connectivity index (χ4n) is 3.20. The minimum Gasteiger partial charge on any atom is -0.349 e. The van der Waals surface area contributed by atoms with Crippen molar-refractivity contribution >= 4 is 27.5 Å². The summed E-state index contributed by atoms with van der Waals surface area (Å²) in [7, 11) is 0. The normalized spacial score (nSPS) is 20.4. The zero-order valence-electron chi connectivity index (χ0n) is 11.1. The Morgan fingerprint density at radius 1 is 1.10 bits per heavy atom. The molecular formula is C17H15BrN2. The van der Waals surface area contributed by atoms with Crippen molar-refractivity contribution in [2.75, 3.05) is 0 Å². The maximum atomic E-state index is 4.85. The second-order valence-corrected chi connectivity index (χ2v) is 6.31. The lowest BCUT2D eigenvalue weighted by Gasteiger charge is -2.31. The molecule has 0 spiro atoms. The molecule has 3 heteroatoms. The van der Waals surface area contributed by atoms with Gasteiger partial charge in [0.15, 0.2) is 0 Å². The van der Waals surface area contributed by atoms with E-state index in [-0.39, 0.29) is 0 Å². The number of hydrogen-bond acceptors (Lipinski definition) is 2. The standard InChI is InChI=1S/C17H15BrN2/c18-14-6-7-15-13(10-14)11-20-16(8-9-17(20)19-15)12-4-2-1-3-5-12/h1-7,10,16H,8-9,11H2. The van der Waals surface area contributed by atoms with Crippen LogP contribution in [0.3, 0.4) is 0 Å². The summed E-state index contributed by atoms with van der Waals surface area (Å²) in [5.41, 5.74) is 3.84. The first-order chi connectivity index (χ1) is 9.81. The number of aliphatic imine (C=N–C) groups is 1.